The molecule has 0 amide bonds. The maximum absolute atomic E-state index is 12.7. The number of hydrogen-bond acceptors (Lipinski definition) is 2. The van der Waals surface area contributed by atoms with Crippen molar-refractivity contribution in [3.63, 3.8) is 0 Å². The molecule has 1 atom stereocenters. The fraction of sp³-hybridized carbons (Fsp3) is 0.125. The summed E-state index contributed by atoms with van der Waals surface area (Å²) in [5, 5.41) is 0. The van der Waals surface area contributed by atoms with E-state index in [1.54, 1.807) is 36.4 Å². The van der Waals surface area contributed by atoms with Gasteiger partial charge in [0.2, 0.25) is 0 Å². The third kappa shape index (κ3) is 4.40. The molecule has 0 N–H and O–H groups in total. The van der Waals surface area contributed by atoms with E-state index in [1.165, 1.54) is 12.1 Å². The number of hydrogen-bond donors (Lipinski definition) is 0. The Kier molecular flexibility index (Phi) is 5.21. The van der Waals surface area contributed by atoms with Crippen molar-refractivity contribution < 1.29 is 12.8 Å². The van der Waals surface area contributed by atoms with Crippen molar-refractivity contribution in [2.75, 3.05) is 6.61 Å². The Labute approximate surface area is 120 Å². The standard InChI is InChI=1S/C16H15FO2S/c1-13-4-10-16(11-5-13)20(18)19-12-2-3-14-6-8-15(17)9-7-14/h2-11H,12H2,1H3/b3-2+. The topological polar surface area (TPSA) is 26.3 Å². The smallest absolute Gasteiger partial charge is 0.189 e. The third-order valence-corrected chi connectivity index (χ3v) is 3.67. The maximum Gasteiger partial charge on any atom is 0.189 e. The first kappa shape index (κ1) is 14.6. The van der Waals surface area contributed by atoms with Crippen LogP contribution in [-0.2, 0) is 15.3 Å². The molecule has 2 rings (SSSR count). The Balaban J connectivity index is 1.85. The van der Waals surface area contributed by atoms with Gasteiger partial charge in [0.1, 0.15) is 5.82 Å². The van der Waals surface area contributed by atoms with Crippen LogP contribution in [0.4, 0.5) is 4.39 Å². The second kappa shape index (κ2) is 7.12. The van der Waals surface area contributed by atoms with E-state index in [9.17, 15) is 8.60 Å². The predicted octanol–water partition coefficient (Wildman–Crippen LogP) is 3.89. The molecule has 0 saturated heterocycles. The van der Waals surface area contributed by atoms with Gasteiger partial charge in [-0.2, -0.15) is 0 Å². The molecule has 0 aliphatic rings. The summed E-state index contributed by atoms with van der Waals surface area (Å²) in [5.74, 6) is -0.265. The molecule has 0 spiro atoms. The second-order valence-electron chi connectivity index (χ2n) is 4.29. The van der Waals surface area contributed by atoms with Gasteiger partial charge in [0, 0.05) is 0 Å². The Morgan fingerprint density at radius 1 is 1.10 bits per heavy atom. The van der Waals surface area contributed by atoms with Gasteiger partial charge in [-0.1, -0.05) is 42.0 Å². The quantitative estimate of drug-likeness (QED) is 0.835. The van der Waals surface area contributed by atoms with E-state index >= 15 is 0 Å². The van der Waals surface area contributed by atoms with Crippen LogP contribution in [0, 0.1) is 12.7 Å². The molecule has 0 aliphatic carbocycles. The van der Waals surface area contributed by atoms with Crippen LogP contribution in [0.15, 0.2) is 59.5 Å². The van der Waals surface area contributed by atoms with E-state index in [0.29, 0.717) is 4.90 Å². The molecule has 0 aromatic heterocycles. The molecule has 0 aliphatic heterocycles. The zero-order valence-corrected chi connectivity index (χ0v) is 11.9. The summed E-state index contributed by atoms with van der Waals surface area (Å²) in [6.07, 6.45) is 3.55. The van der Waals surface area contributed by atoms with E-state index in [4.69, 9.17) is 4.18 Å². The monoisotopic (exact) mass is 290 g/mol. The van der Waals surface area contributed by atoms with Crippen molar-refractivity contribution in [3.8, 4) is 0 Å². The van der Waals surface area contributed by atoms with Crippen molar-refractivity contribution >= 4 is 17.2 Å². The van der Waals surface area contributed by atoms with Crippen LogP contribution < -0.4 is 0 Å². The van der Waals surface area contributed by atoms with E-state index in [2.05, 4.69) is 0 Å². The van der Waals surface area contributed by atoms with Gasteiger partial charge >= 0.3 is 0 Å². The van der Waals surface area contributed by atoms with E-state index in [0.717, 1.165) is 11.1 Å². The first-order valence-corrected chi connectivity index (χ1v) is 7.26. The minimum atomic E-state index is -1.46. The van der Waals surface area contributed by atoms with Gasteiger partial charge in [0.05, 0.1) is 11.5 Å². The van der Waals surface area contributed by atoms with Crippen molar-refractivity contribution in [1.29, 1.82) is 0 Å². The van der Waals surface area contributed by atoms with Crippen LogP contribution in [-0.4, -0.2) is 10.8 Å². The minimum Gasteiger partial charge on any atom is -0.283 e. The highest BCUT2D eigenvalue weighted by atomic mass is 32.2. The van der Waals surface area contributed by atoms with Gasteiger partial charge in [-0.3, -0.25) is 4.18 Å². The van der Waals surface area contributed by atoms with E-state index in [-0.39, 0.29) is 12.4 Å². The number of aryl methyl sites for hydroxylation is 1. The molecule has 0 heterocycles. The first-order valence-electron chi connectivity index (χ1n) is 6.19. The van der Waals surface area contributed by atoms with Crippen molar-refractivity contribution in [1.82, 2.24) is 0 Å². The molecular weight excluding hydrogens is 275 g/mol. The van der Waals surface area contributed by atoms with Crippen molar-refractivity contribution in [2.24, 2.45) is 0 Å². The van der Waals surface area contributed by atoms with Crippen LogP contribution in [0.2, 0.25) is 0 Å². The Morgan fingerprint density at radius 2 is 1.75 bits per heavy atom. The summed E-state index contributed by atoms with van der Waals surface area (Å²) in [6, 6.07) is 13.5. The Bertz CT molecular complexity index is 603. The zero-order valence-electron chi connectivity index (χ0n) is 11.1. The van der Waals surface area contributed by atoms with Crippen LogP contribution >= 0.6 is 0 Å². The molecule has 0 bridgehead atoms. The molecular formula is C16H15FO2S. The summed E-state index contributed by atoms with van der Waals surface area (Å²) < 4.78 is 29.8. The lowest BCUT2D eigenvalue weighted by atomic mass is 10.2. The van der Waals surface area contributed by atoms with Crippen molar-refractivity contribution in [3.05, 3.63) is 71.6 Å². The molecule has 4 heteroatoms. The molecule has 0 radical (unpaired) electrons. The van der Waals surface area contributed by atoms with Gasteiger partial charge in [-0.05, 0) is 36.8 Å². The van der Waals surface area contributed by atoms with Crippen molar-refractivity contribution in [2.45, 2.75) is 11.8 Å². The molecule has 2 aromatic rings. The van der Waals surface area contributed by atoms with E-state index in [1.807, 2.05) is 19.1 Å². The lowest BCUT2D eigenvalue weighted by molar-refractivity contribution is 0.395. The summed E-state index contributed by atoms with van der Waals surface area (Å²) in [5.41, 5.74) is 1.98. The van der Waals surface area contributed by atoms with Gasteiger partial charge in [-0.15, -0.1) is 0 Å². The van der Waals surface area contributed by atoms with Gasteiger partial charge in [-0.25, -0.2) is 8.60 Å². The molecule has 2 nitrogen and oxygen atoms in total. The highest BCUT2D eigenvalue weighted by molar-refractivity contribution is 7.80. The Morgan fingerprint density at radius 3 is 2.40 bits per heavy atom. The molecule has 0 fully saturated rings. The average Bonchev–Trinajstić information content (AvgIpc) is 2.46. The molecule has 20 heavy (non-hydrogen) atoms. The molecule has 0 saturated carbocycles. The number of rotatable bonds is 5. The fourth-order valence-corrected chi connectivity index (χ4v) is 2.27. The van der Waals surface area contributed by atoms with E-state index < -0.39 is 11.1 Å². The Hall–Kier alpha value is -1.78. The average molecular weight is 290 g/mol. The lowest BCUT2D eigenvalue weighted by Crippen LogP contribution is -1.97. The number of halogens is 1. The van der Waals surface area contributed by atoms with Gasteiger partial charge in [0.25, 0.3) is 0 Å². The first-order chi connectivity index (χ1) is 9.65. The largest absolute Gasteiger partial charge is 0.283 e. The highest BCUT2D eigenvalue weighted by Gasteiger charge is 2.02. The zero-order chi connectivity index (χ0) is 14.4. The maximum atomic E-state index is 12.7. The number of benzene rings is 2. The fourth-order valence-electron chi connectivity index (χ4n) is 1.58. The molecule has 1 unspecified atom stereocenters. The van der Waals surface area contributed by atoms with Gasteiger partial charge in [0.15, 0.2) is 11.1 Å². The normalized spacial score (nSPS) is 12.7. The lowest BCUT2D eigenvalue weighted by Gasteiger charge is -2.01. The predicted molar refractivity (Wildman–Crippen MR) is 79.0 cm³/mol. The second-order valence-corrected chi connectivity index (χ2v) is 5.46. The van der Waals surface area contributed by atoms with Crippen LogP contribution in [0.25, 0.3) is 6.08 Å². The summed E-state index contributed by atoms with van der Waals surface area (Å²) in [7, 11) is 0. The SMILES string of the molecule is Cc1ccc(S(=O)OC/C=C/c2ccc(F)cc2)cc1. The minimum absolute atomic E-state index is 0.234. The van der Waals surface area contributed by atoms with Crippen LogP contribution in [0.1, 0.15) is 11.1 Å². The summed E-state index contributed by atoms with van der Waals surface area (Å²) in [6.45, 7) is 2.21. The van der Waals surface area contributed by atoms with Gasteiger partial charge < -0.3 is 0 Å². The third-order valence-electron chi connectivity index (χ3n) is 2.67. The highest BCUT2D eigenvalue weighted by Crippen LogP contribution is 2.10. The summed E-state index contributed by atoms with van der Waals surface area (Å²) >= 11 is -1.46. The van der Waals surface area contributed by atoms with Crippen LogP contribution in [0.3, 0.4) is 0 Å². The summed E-state index contributed by atoms with van der Waals surface area (Å²) in [4.78, 5) is 0.644. The molecule has 104 valence electrons. The molecule has 2 aromatic carbocycles. The van der Waals surface area contributed by atoms with Crippen LogP contribution in [0.5, 0.6) is 0 Å².